The van der Waals surface area contributed by atoms with Crippen LogP contribution in [0.25, 0.3) is 0 Å². The van der Waals surface area contributed by atoms with Crippen molar-refractivity contribution in [2.24, 2.45) is 32.4 Å². The fourth-order valence-electron chi connectivity index (χ4n) is 4.21. The first-order chi connectivity index (χ1) is 9.74. The molecule has 5 rings (SSSR count). The van der Waals surface area contributed by atoms with Gasteiger partial charge in [0, 0.05) is 16.9 Å². The first-order valence-corrected chi connectivity index (χ1v) is 7.54. The molecule has 0 amide bonds. The lowest BCUT2D eigenvalue weighted by Crippen LogP contribution is -2.52. The molecule has 0 unspecified atom stereocenters. The van der Waals surface area contributed by atoms with Crippen molar-refractivity contribution in [3.63, 3.8) is 0 Å². The van der Waals surface area contributed by atoms with Crippen LogP contribution >= 0.6 is 23.2 Å². The molecular weight excluding hydrogens is 297 g/mol. The molecular formula is C13H11Cl2N5. The quantitative estimate of drug-likeness (QED) is 0.779. The van der Waals surface area contributed by atoms with E-state index in [1.54, 1.807) is 6.07 Å². The fourth-order valence-corrected chi connectivity index (χ4v) is 4.71. The van der Waals surface area contributed by atoms with Crippen LogP contribution in [0.15, 0.2) is 38.8 Å². The maximum Gasteiger partial charge on any atom is 0.101 e. The highest BCUT2D eigenvalue weighted by Crippen LogP contribution is 2.57. The molecule has 102 valence electrons. The maximum atomic E-state index is 6.31. The average Bonchev–Trinajstić information content (AvgIpc) is 2.97. The minimum Gasteiger partial charge on any atom is -0.240 e. The van der Waals surface area contributed by atoms with Gasteiger partial charge in [-0.15, -0.1) is 0 Å². The normalized spacial score (nSPS) is 42.8. The van der Waals surface area contributed by atoms with Crippen LogP contribution in [0, 0.1) is 11.8 Å². The van der Waals surface area contributed by atoms with Crippen LogP contribution in [0.4, 0.5) is 5.69 Å². The summed E-state index contributed by atoms with van der Waals surface area (Å²) in [4.78, 5) is 0. The van der Waals surface area contributed by atoms with Crippen molar-refractivity contribution in [3.05, 3.63) is 28.2 Å². The van der Waals surface area contributed by atoms with Crippen LogP contribution in [-0.2, 0) is 0 Å². The van der Waals surface area contributed by atoms with Crippen LogP contribution in [0.1, 0.15) is 6.42 Å². The molecule has 2 aliphatic carbocycles. The molecule has 0 radical (unpaired) electrons. The molecule has 20 heavy (non-hydrogen) atoms. The van der Waals surface area contributed by atoms with Gasteiger partial charge in [-0.1, -0.05) is 28.4 Å². The molecule has 4 aliphatic rings. The van der Waals surface area contributed by atoms with E-state index in [9.17, 15) is 0 Å². The van der Waals surface area contributed by atoms with Crippen molar-refractivity contribution in [2.45, 2.75) is 30.6 Å². The number of azo groups is 1. The Morgan fingerprint density at radius 1 is 1.00 bits per heavy atom. The molecule has 0 N–H and O–H groups in total. The molecule has 0 aromatic heterocycles. The largest absolute Gasteiger partial charge is 0.240 e. The fraction of sp³-hybridized carbons (Fsp3) is 0.538. The lowest BCUT2D eigenvalue weighted by atomic mass is 9.82. The summed E-state index contributed by atoms with van der Waals surface area (Å²) in [5.74, 6) is 1.00. The number of hydrogen-bond donors (Lipinski definition) is 0. The van der Waals surface area contributed by atoms with Crippen molar-refractivity contribution < 1.29 is 0 Å². The van der Waals surface area contributed by atoms with Crippen molar-refractivity contribution in [3.8, 4) is 0 Å². The van der Waals surface area contributed by atoms with E-state index in [4.69, 9.17) is 23.2 Å². The van der Waals surface area contributed by atoms with Gasteiger partial charge in [-0.3, -0.25) is 0 Å². The number of nitrogens with zero attached hydrogens (tertiary/aromatic N) is 5. The topological polar surface area (TPSA) is 52.7 Å². The second-order valence-electron chi connectivity index (χ2n) is 5.90. The van der Waals surface area contributed by atoms with Crippen LogP contribution in [0.2, 0.25) is 10.0 Å². The minimum absolute atomic E-state index is 0.243. The number of halogens is 2. The SMILES string of the molecule is Clc1ccc(N2N=N[C@H]3[C@H]4C[C@H]([C@@H]5N=N[C@H]45)[C@H]32)c(Cl)c1. The molecule has 1 aromatic carbocycles. The standard InChI is InChI=1S/C13H11Cl2N5/c14-5-1-2-9(8(15)3-5)20-13-7-4-6(12(13)18-19-20)10-11(7)17-16-10/h1-3,6-7,10-13H,4H2/t6-,7+,10+,11-,12-,13+/m0/s1. The summed E-state index contributed by atoms with van der Waals surface area (Å²) in [7, 11) is 0. The zero-order valence-corrected chi connectivity index (χ0v) is 11.9. The number of benzene rings is 1. The third-order valence-electron chi connectivity index (χ3n) is 5.05. The van der Waals surface area contributed by atoms with Crippen LogP contribution in [0.3, 0.4) is 0 Å². The van der Waals surface area contributed by atoms with Gasteiger partial charge in [0.1, 0.15) is 18.1 Å². The maximum absolute atomic E-state index is 6.31. The van der Waals surface area contributed by atoms with Crippen molar-refractivity contribution >= 4 is 28.9 Å². The Hall–Kier alpha value is -1.20. The second kappa shape index (κ2) is 3.71. The summed E-state index contributed by atoms with van der Waals surface area (Å²) >= 11 is 12.3. The van der Waals surface area contributed by atoms with Gasteiger partial charge in [-0.2, -0.15) is 15.3 Å². The first-order valence-electron chi connectivity index (χ1n) is 6.79. The predicted molar refractivity (Wildman–Crippen MR) is 75.4 cm³/mol. The van der Waals surface area contributed by atoms with E-state index in [0.717, 1.165) is 12.1 Å². The van der Waals surface area contributed by atoms with Crippen molar-refractivity contribution in [1.82, 2.24) is 0 Å². The summed E-state index contributed by atoms with van der Waals surface area (Å²) in [5.41, 5.74) is 0.882. The Kier molecular flexibility index (Phi) is 2.13. The summed E-state index contributed by atoms with van der Waals surface area (Å²) in [6, 6.07) is 6.79. The van der Waals surface area contributed by atoms with Gasteiger partial charge in [0.05, 0.1) is 16.8 Å². The van der Waals surface area contributed by atoms with Gasteiger partial charge in [0.25, 0.3) is 0 Å². The summed E-state index contributed by atoms with van der Waals surface area (Å²) in [6.07, 6.45) is 1.15. The molecule has 2 bridgehead atoms. The van der Waals surface area contributed by atoms with E-state index < -0.39 is 0 Å². The first kappa shape index (κ1) is 11.5. The lowest BCUT2D eigenvalue weighted by molar-refractivity contribution is 0.242. The zero-order valence-electron chi connectivity index (χ0n) is 10.4. The molecule has 5 nitrogen and oxygen atoms in total. The molecule has 2 aliphatic heterocycles. The third-order valence-corrected chi connectivity index (χ3v) is 5.59. The van der Waals surface area contributed by atoms with Gasteiger partial charge in [0.15, 0.2) is 0 Å². The average molecular weight is 308 g/mol. The Morgan fingerprint density at radius 2 is 1.80 bits per heavy atom. The molecule has 0 spiro atoms. The monoisotopic (exact) mass is 307 g/mol. The molecule has 1 aromatic rings. The van der Waals surface area contributed by atoms with Crippen molar-refractivity contribution in [1.29, 1.82) is 0 Å². The Balaban J connectivity index is 1.55. The Labute approximate surface area is 125 Å². The van der Waals surface area contributed by atoms with Gasteiger partial charge >= 0.3 is 0 Å². The molecule has 2 heterocycles. The van der Waals surface area contributed by atoms with E-state index in [-0.39, 0.29) is 12.1 Å². The summed E-state index contributed by atoms with van der Waals surface area (Å²) in [5, 5.41) is 20.6. The number of hydrogen-bond acceptors (Lipinski definition) is 5. The highest BCUT2D eigenvalue weighted by molar-refractivity contribution is 6.36. The van der Waals surface area contributed by atoms with E-state index in [1.165, 1.54) is 0 Å². The van der Waals surface area contributed by atoms with Gasteiger partial charge < -0.3 is 0 Å². The lowest BCUT2D eigenvalue weighted by Gasteiger charge is -2.38. The summed E-state index contributed by atoms with van der Waals surface area (Å²) < 4.78 is 0. The second-order valence-corrected chi connectivity index (χ2v) is 6.75. The van der Waals surface area contributed by atoms with E-state index in [1.807, 2.05) is 17.1 Å². The Morgan fingerprint density at radius 3 is 2.55 bits per heavy atom. The number of fused-ring (bicyclic) bond motifs is 8. The predicted octanol–water partition coefficient (Wildman–Crippen LogP) is 3.77. The highest BCUT2D eigenvalue weighted by Gasteiger charge is 2.65. The van der Waals surface area contributed by atoms with Gasteiger partial charge in [-0.25, -0.2) is 5.01 Å². The van der Waals surface area contributed by atoms with E-state index in [2.05, 4.69) is 20.6 Å². The molecule has 0 saturated heterocycles. The molecule has 2 saturated carbocycles. The molecule has 6 atom stereocenters. The van der Waals surface area contributed by atoms with Crippen LogP contribution < -0.4 is 5.01 Å². The van der Waals surface area contributed by atoms with Crippen LogP contribution in [-0.4, -0.2) is 24.2 Å². The highest BCUT2D eigenvalue weighted by atomic mass is 35.5. The summed E-state index contributed by atoms with van der Waals surface area (Å²) in [6.45, 7) is 0. The minimum atomic E-state index is 0.243. The third kappa shape index (κ3) is 1.26. The van der Waals surface area contributed by atoms with Crippen molar-refractivity contribution in [2.75, 3.05) is 5.01 Å². The molecule has 7 heteroatoms. The van der Waals surface area contributed by atoms with Crippen LogP contribution in [0.5, 0.6) is 0 Å². The van der Waals surface area contributed by atoms with E-state index in [0.29, 0.717) is 34.0 Å². The smallest absolute Gasteiger partial charge is 0.101 e. The van der Waals surface area contributed by atoms with E-state index >= 15 is 0 Å². The Bertz CT molecular complexity index is 660. The zero-order chi connectivity index (χ0) is 13.4. The number of anilines is 1. The van der Waals surface area contributed by atoms with Gasteiger partial charge in [0.2, 0.25) is 0 Å². The van der Waals surface area contributed by atoms with Gasteiger partial charge in [-0.05, 0) is 24.6 Å². The molecule has 2 fully saturated rings. The number of rotatable bonds is 1.